The summed E-state index contributed by atoms with van der Waals surface area (Å²) >= 11 is 5.83. The minimum Gasteiger partial charge on any atom is -0.335 e. The first-order valence-corrected chi connectivity index (χ1v) is 9.19. The molecule has 1 saturated heterocycles. The highest BCUT2D eigenvalue weighted by molar-refractivity contribution is 6.34. The molecule has 0 radical (unpaired) electrons. The van der Waals surface area contributed by atoms with Gasteiger partial charge in [0.25, 0.3) is 5.91 Å². The van der Waals surface area contributed by atoms with Crippen LogP contribution in [0.4, 0.5) is 13.2 Å². The molecule has 2 aromatic rings. The quantitative estimate of drug-likeness (QED) is 0.768. The minimum absolute atomic E-state index is 0.358. The van der Waals surface area contributed by atoms with Crippen LogP contribution in [0, 0.1) is 13.8 Å². The number of piperazine rings is 1. The van der Waals surface area contributed by atoms with Crippen LogP contribution in [0.5, 0.6) is 0 Å². The first-order chi connectivity index (χ1) is 13.0. The predicted octanol–water partition coefficient (Wildman–Crippen LogP) is 2.40. The van der Waals surface area contributed by atoms with Crippen LogP contribution >= 0.6 is 11.6 Å². The Hall–Kier alpha value is -2.07. The van der Waals surface area contributed by atoms with Crippen molar-refractivity contribution in [1.82, 2.24) is 29.4 Å². The average molecular weight is 419 g/mol. The van der Waals surface area contributed by atoms with Crippen molar-refractivity contribution in [2.75, 3.05) is 26.2 Å². The van der Waals surface area contributed by atoms with E-state index >= 15 is 0 Å². The van der Waals surface area contributed by atoms with Crippen LogP contribution in [0.3, 0.4) is 0 Å². The summed E-state index contributed by atoms with van der Waals surface area (Å²) in [6.07, 6.45) is -4.67. The maximum Gasteiger partial charge on any atom is 0.434 e. The molecular formula is C17H22ClF3N6O. The minimum atomic E-state index is -4.67. The SMILES string of the molecule is Cc1nn(C)c(C)c1CN1CCN(C(=O)c2nn(C)c(C(F)(F)F)c2Cl)CC1. The van der Waals surface area contributed by atoms with Crippen LogP contribution in [0.25, 0.3) is 0 Å². The van der Waals surface area contributed by atoms with Gasteiger partial charge in [0.1, 0.15) is 5.02 Å². The predicted molar refractivity (Wildman–Crippen MR) is 97.1 cm³/mol. The Balaban J connectivity index is 1.68. The maximum atomic E-state index is 13.1. The van der Waals surface area contributed by atoms with Gasteiger partial charge in [-0.15, -0.1) is 0 Å². The van der Waals surface area contributed by atoms with Crippen LogP contribution in [0.2, 0.25) is 5.02 Å². The van der Waals surface area contributed by atoms with Crippen LogP contribution in [-0.2, 0) is 26.8 Å². The molecular weight excluding hydrogens is 397 g/mol. The van der Waals surface area contributed by atoms with E-state index in [1.807, 2.05) is 25.6 Å². The van der Waals surface area contributed by atoms with Crippen LogP contribution < -0.4 is 0 Å². The Morgan fingerprint density at radius 1 is 1.07 bits per heavy atom. The van der Waals surface area contributed by atoms with E-state index in [4.69, 9.17) is 11.6 Å². The largest absolute Gasteiger partial charge is 0.434 e. The van der Waals surface area contributed by atoms with Crippen molar-refractivity contribution in [1.29, 1.82) is 0 Å². The monoisotopic (exact) mass is 418 g/mol. The van der Waals surface area contributed by atoms with Gasteiger partial charge in [0.2, 0.25) is 0 Å². The Labute approximate surface area is 165 Å². The summed E-state index contributed by atoms with van der Waals surface area (Å²) in [5, 5.41) is 7.47. The summed E-state index contributed by atoms with van der Waals surface area (Å²) in [7, 11) is 3.02. The number of halogens is 4. The molecule has 1 aliphatic heterocycles. The molecule has 3 heterocycles. The zero-order chi connectivity index (χ0) is 20.8. The van der Waals surface area contributed by atoms with Gasteiger partial charge >= 0.3 is 6.18 Å². The molecule has 154 valence electrons. The molecule has 0 N–H and O–H groups in total. The van der Waals surface area contributed by atoms with E-state index in [-0.39, 0.29) is 5.69 Å². The summed E-state index contributed by atoms with van der Waals surface area (Å²) in [5.41, 5.74) is 1.75. The number of hydrogen-bond acceptors (Lipinski definition) is 4. The van der Waals surface area contributed by atoms with E-state index in [1.165, 1.54) is 4.90 Å². The van der Waals surface area contributed by atoms with Gasteiger partial charge < -0.3 is 4.90 Å². The summed E-state index contributed by atoms with van der Waals surface area (Å²) in [6.45, 7) is 6.69. The van der Waals surface area contributed by atoms with Crippen molar-refractivity contribution in [2.24, 2.45) is 14.1 Å². The smallest absolute Gasteiger partial charge is 0.335 e. The lowest BCUT2D eigenvalue weighted by atomic mass is 10.1. The Morgan fingerprint density at radius 2 is 1.68 bits per heavy atom. The third-order valence-corrected chi connectivity index (χ3v) is 5.52. The molecule has 3 rings (SSSR count). The van der Waals surface area contributed by atoms with Gasteiger partial charge in [-0.2, -0.15) is 23.4 Å². The number of hydrogen-bond donors (Lipinski definition) is 0. The molecule has 0 aliphatic carbocycles. The van der Waals surface area contributed by atoms with Crippen LogP contribution in [-0.4, -0.2) is 61.4 Å². The molecule has 0 spiro atoms. The summed E-state index contributed by atoms with van der Waals surface area (Å²) in [6, 6.07) is 0. The lowest BCUT2D eigenvalue weighted by molar-refractivity contribution is -0.143. The third kappa shape index (κ3) is 3.75. The molecule has 0 saturated carbocycles. The van der Waals surface area contributed by atoms with Gasteiger partial charge in [-0.3, -0.25) is 19.1 Å². The number of nitrogens with zero attached hydrogens (tertiary/aromatic N) is 6. The Kier molecular flexibility index (Phi) is 5.46. The van der Waals surface area contributed by atoms with Gasteiger partial charge in [0.15, 0.2) is 11.4 Å². The van der Waals surface area contributed by atoms with Crippen molar-refractivity contribution in [3.63, 3.8) is 0 Å². The lowest BCUT2D eigenvalue weighted by Crippen LogP contribution is -2.48. The fraction of sp³-hybridized carbons (Fsp3) is 0.588. The van der Waals surface area contributed by atoms with Crippen molar-refractivity contribution >= 4 is 17.5 Å². The molecule has 7 nitrogen and oxygen atoms in total. The number of carbonyl (C=O) groups is 1. The summed E-state index contributed by atoms with van der Waals surface area (Å²) in [4.78, 5) is 16.3. The van der Waals surface area contributed by atoms with Crippen LogP contribution in [0.15, 0.2) is 0 Å². The van der Waals surface area contributed by atoms with Gasteiger partial charge in [-0.25, -0.2) is 0 Å². The molecule has 1 fully saturated rings. The second-order valence-electron chi connectivity index (χ2n) is 6.97. The zero-order valence-electron chi connectivity index (χ0n) is 16.1. The number of carbonyl (C=O) groups excluding carboxylic acids is 1. The molecule has 0 aromatic carbocycles. The number of alkyl halides is 3. The zero-order valence-corrected chi connectivity index (χ0v) is 16.9. The standard InChI is InChI=1S/C17H22ClF3N6O/c1-10-12(11(2)24(3)22-10)9-26-5-7-27(8-6-26)16(28)14-13(18)15(17(19,20)21)25(4)23-14/h5-9H2,1-4H3. The molecule has 0 atom stereocenters. The number of amides is 1. The molecule has 0 bridgehead atoms. The van der Waals surface area contributed by atoms with E-state index in [2.05, 4.69) is 15.1 Å². The van der Waals surface area contributed by atoms with Crippen molar-refractivity contribution in [3.05, 3.63) is 33.4 Å². The number of rotatable bonds is 3. The second kappa shape index (κ2) is 7.40. The fourth-order valence-electron chi connectivity index (χ4n) is 3.47. The van der Waals surface area contributed by atoms with E-state index in [0.29, 0.717) is 30.9 Å². The first-order valence-electron chi connectivity index (χ1n) is 8.81. The second-order valence-corrected chi connectivity index (χ2v) is 7.35. The molecule has 0 unspecified atom stereocenters. The highest BCUT2D eigenvalue weighted by Gasteiger charge is 2.40. The molecule has 2 aromatic heterocycles. The van der Waals surface area contributed by atoms with Crippen molar-refractivity contribution in [2.45, 2.75) is 26.6 Å². The Morgan fingerprint density at radius 3 is 2.14 bits per heavy atom. The fourth-order valence-corrected chi connectivity index (χ4v) is 3.82. The third-order valence-electron chi connectivity index (χ3n) is 5.16. The maximum absolute atomic E-state index is 13.1. The highest BCUT2D eigenvalue weighted by atomic mass is 35.5. The van der Waals surface area contributed by atoms with E-state index in [0.717, 1.165) is 30.5 Å². The first kappa shape index (κ1) is 20.7. The van der Waals surface area contributed by atoms with Gasteiger partial charge in [0.05, 0.1) is 5.69 Å². The molecule has 1 amide bonds. The van der Waals surface area contributed by atoms with Crippen molar-refractivity contribution < 1.29 is 18.0 Å². The topological polar surface area (TPSA) is 59.2 Å². The van der Waals surface area contributed by atoms with E-state index < -0.39 is 22.8 Å². The molecule has 11 heteroatoms. The normalized spacial score (nSPS) is 16.1. The summed E-state index contributed by atoms with van der Waals surface area (Å²) < 4.78 is 41.7. The van der Waals surface area contributed by atoms with E-state index in [9.17, 15) is 18.0 Å². The van der Waals surface area contributed by atoms with Crippen LogP contribution in [0.1, 0.15) is 33.1 Å². The lowest BCUT2D eigenvalue weighted by Gasteiger charge is -2.34. The number of aryl methyl sites for hydroxylation is 3. The average Bonchev–Trinajstić information content (AvgIpc) is 3.04. The van der Waals surface area contributed by atoms with Gasteiger partial charge in [-0.1, -0.05) is 11.6 Å². The molecule has 28 heavy (non-hydrogen) atoms. The van der Waals surface area contributed by atoms with E-state index in [1.54, 1.807) is 0 Å². The summed E-state index contributed by atoms with van der Waals surface area (Å²) in [5.74, 6) is -0.579. The van der Waals surface area contributed by atoms with Gasteiger partial charge in [-0.05, 0) is 13.8 Å². The number of aromatic nitrogens is 4. The Bertz CT molecular complexity index is 896. The van der Waals surface area contributed by atoms with Gasteiger partial charge in [0, 0.05) is 58.1 Å². The van der Waals surface area contributed by atoms with Crippen molar-refractivity contribution in [3.8, 4) is 0 Å². The molecule has 1 aliphatic rings. The highest BCUT2D eigenvalue weighted by Crippen LogP contribution is 2.36.